The number of halogens is 1. The third-order valence-corrected chi connectivity index (χ3v) is 3.99. The monoisotopic (exact) mass is 345 g/mol. The van der Waals surface area contributed by atoms with Gasteiger partial charge in [-0.1, -0.05) is 73.1 Å². The van der Waals surface area contributed by atoms with Crippen LogP contribution in [0.5, 0.6) is 0 Å². The van der Waals surface area contributed by atoms with Crippen molar-refractivity contribution < 1.29 is 4.79 Å². The SMILES string of the molecule is CC(C)(C)c1ccc(C(=O)NCc2ccccc2)cc1Br. The maximum absolute atomic E-state index is 12.2. The van der Waals surface area contributed by atoms with Crippen LogP contribution in [-0.2, 0) is 12.0 Å². The molecule has 3 heteroatoms. The fraction of sp³-hybridized carbons (Fsp3) is 0.278. The van der Waals surface area contributed by atoms with E-state index in [4.69, 9.17) is 0 Å². The van der Waals surface area contributed by atoms with Crippen molar-refractivity contribution in [2.45, 2.75) is 32.7 Å². The van der Waals surface area contributed by atoms with Gasteiger partial charge < -0.3 is 5.32 Å². The number of nitrogens with one attached hydrogen (secondary N) is 1. The first-order valence-corrected chi connectivity index (χ1v) is 7.79. The van der Waals surface area contributed by atoms with E-state index in [-0.39, 0.29) is 11.3 Å². The molecule has 0 saturated heterocycles. The Morgan fingerprint density at radius 1 is 1.10 bits per heavy atom. The number of benzene rings is 2. The predicted molar refractivity (Wildman–Crippen MR) is 90.5 cm³/mol. The van der Waals surface area contributed by atoms with Crippen molar-refractivity contribution in [1.29, 1.82) is 0 Å². The Bertz CT molecular complexity index is 629. The quantitative estimate of drug-likeness (QED) is 0.859. The summed E-state index contributed by atoms with van der Waals surface area (Å²) in [5.41, 5.74) is 3.02. The molecule has 0 aliphatic heterocycles. The summed E-state index contributed by atoms with van der Waals surface area (Å²) in [4.78, 5) is 12.2. The summed E-state index contributed by atoms with van der Waals surface area (Å²) in [6.45, 7) is 7.00. The Morgan fingerprint density at radius 3 is 2.33 bits per heavy atom. The summed E-state index contributed by atoms with van der Waals surface area (Å²) in [6, 6.07) is 15.7. The number of carbonyl (C=O) groups excluding carboxylic acids is 1. The molecule has 0 bridgehead atoms. The number of amides is 1. The van der Waals surface area contributed by atoms with Crippen LogP contribution in [0.2, 0.25) is 0 Å². The van der Waals surface area contributed by atoms with Gasteiger partial charge in [0.25, 0.3) is 5.91 Å². The molecule has 0 saturated carbocycles. The lowest BCUT2D eigenvalue weighted by atomic mass is 9.86. The Kier molecular flexibility index (Phi) is 4.84. The standard InChI is InChI=1S/C18H20BrNO/c1-18(2,3)15-10-9-14(11-16(15)19)17(21)20-12-13-7-5-4-6-8-13/h4-11H,12H2,1-3H3,(H,20,21). The molecule has 0 aromatic heterocycles. The van der Waals surface area contributed by atoms with Crippen LogP contribution in [0, 0.1) is 0 Å². The average Bonchev–Trinajstić information content (AvgIpc) is 2.44. The largest absolute Gasteiger partial charge is 0.348 e. The highest BCUT2D eigenvalue weighted by Crippen LogP contribution is 2.30. The van der Waals surface area contributed by atoms with Gasteiger partial charge in [0.15, 0.2) is 0 Å². The second-order valence-electron chi connectivity index (χ2n) is 6.11. The molecule has 2 aromatic carbocycles. The summed E-state index contributed by atoms with van der Waals surface area (Å²) in [6.07, 6.45) is 0. The summed E-state index contributed by atoms with van der Waals surface area (Å²) < 4.78 is 0.974. The molecule has 0 radical (unpaired) electrons. The summed E-state index contributed by atoms with van der Waals surface area (Å²) in [5, 5.41) is 2.94. The zero-order valence-electron chi connectivity index (χ0n) is 12.6. The summed E-state index contributed by atoms with van der Waals surface area (Å²) >= 11 is 3.57. The smallest absolute Gasteiger partial charge is 0.251 e. The van der Waals surface area contributed by atoms with E-state index in [2.05, 4.69) is 42.0 Å². The van der Waals surface area contributed by atoms with Gasteiger partial charge in [-0.2, -0.15) is 0 Å². The van der Waals surface area contributed by atoms with Crippen LogP contribution >= 0.6 is 15.9 Å². The first-order chi connectivity index (χ1) is 9.88. The van der Waals surface area contributed by atoms with E-state index in [1.54, 1.807) is 0 Å². The number of rotatable bonds is 3. The molecule has 2 rings (SSSR count). The maximum atomic E-state index is 12.2. The van der Waals surface area contributed by atoms with Gasteiger partial charge in [0.05, 0.1) is 0 Å². The van der Waals surface area contributed by atoms with Gasteiger partial charge in [0, 0.05) is 16.6 Å². The molecular formula is C18H20BrNO. The number of carbonyl (C=O) groups is 1. The van der Waals surface area contributed by atoms with Crippen LogP contribution in [0.15, 0.2) is 53.0 Å². The Morgan fingerprint density at radius 2 is 1.76 bits per heavy atom. The zero-order chi connectivity index (χ0) is 15.5. The van der Waals surface area contributed by atoms with Crippen molar-refractivity contribution >= 4 is 21.8 Å². The van der Waals surface area contributed by atoms with E-state index in [0.717, 1.165) is 10.0 Å². The lowest BCUT2D eigenvalue weighted by Crippen LogP contribution is -2.23. The van der Waals surface area contributed by atoms with Gasteiger partial charge in [-0.25, -0.2) is 0 Å². The Labute approximate surface area is 134 Å². The molecule has 0 atom stereocenters. The van der Waals surface area contributed by atoms with Gasteiger partial charge >= 0.3 is 0 Å². The average molecular weight is 346 g/mol. The molecule has 2 aromatic rings. The lowest BCUT2D eigenvalue weighted by molar-refractivity contribution is 0.0951. The fourth-order valence-corrected chi connectivity index (χ4v) is 3.12. The minimum Gasteiger partial charge on any atom is -0.348 e. The minimum atomic E-state index is -0.0555. The second kappa shape index (κ2) is 6.44. The van der Waals surface area contributed by atoms with Crippen molar-refractivity contribution in [1.82, 2.24) is 5.32 Å². The van der Waals surface area contributed by atoms with Crippen LogP contribution in [0.1, 0.15) is 42.3 Å². The fourth-order valence-electron chi connectivity index (χ4n) is 2.14. The minimum absolute atomic E-state index is 0.0535. The third kappa shape index (κ3) is 4.18. The van der Waals surface area contributed by atoms with E-state index in [0.29, 0.717) is 12.1 Å². The van der Waals surface area contributed by atoms with Crippen molar-refractivity contribution in [3.63, 3.8) is 0 Å². The van der Waals surface area contributed by atoms with E-state index < -0.39 is 0 Å². The molecule has 1 amide bonds. The molecule has 0 fully saturated rings. The maximum Gasteiger partial charge on any atom is 0.251 e. The molecular weight excluding hydrogens is 326 g/mol. The molecule has 0 heterocycles. The molecule has 0 aliphatic carbocycles. The highest BCUT2D eigenvalue weighted by molar-refractivity contribution is 9.10. The molecule has 0 unspecified atom stereocenters. The van der Waals surface area contributed by atoms with Crippen molar-refractivity contribution in [3.8, 4) is 0 Å². The Hall–Kier alpha value is -1.61. The van der Waals surface area contributed by atoms with Crippen LogP contribution in [-0.4, -0.2) is 5.91 Å². The molecule has 21 heavy (non-hydrogen) atoms. The van der Waals surface area contributed by atoms with Crippen molar-refractivity contribution in [3.05, 3.63) is 69.7 Å². The number of hydrogen-bond donors (Lipinski definition) is 1. The van der Waals surface area contributed by atoms with Gasteiger partial charge in [-0.3, -0.25) is 4.79 Å². The second-order valence-corrected chi connectivity index (χ2v) is 6.97. The molecule has 1 N–H and O–H groups in total. The normalized spacial score (nSPS) is 11.2. The molecule has 0 aliphatic rings. The highest BCUT2D eigenvalue weighted by atomic mass is 79.9. The van der Waals surface area contributed by atoms with Crippen molar-refractivity contribution in [2.24, 2.45) is 0 Å². The molecule has 2 nitrogen and oxygen atoms in total. The first-order valence-electron chi connectivity index (χ1n) is 7.00. The van der Waals surface area contributed by atoms with E-state index in [9.17, 15) is 4.79 Å². The topological polar surface area (TPSA) is 29.1 Å². The van der Waals surface area contributed by atoms with Crippen LogP contribution in [0.4, 0.5) is 0 Å². The van der Waals surface area contributed by atoms with Gasteiger partial charge in [-0.05, 0) is 28.7 Å². The third-order valence-electron chi connectivity index (χ3n) is 3.34. The Balaban J connectivity index is 2.08. The van der Waals surface area contributed by atoms with Crippen LogP contribution < -0.4 is 5.32 Å². The molecule has 110 valence electrons. The van der Waals surface area contributed by atoms with Crippen LogP contribution in [0.3, 0.4) is 0 Å². The van der Waals surface area contributed by atoms with E-state index >= 15 is 0 Å². The predicted octanol–water partition coefficient (Wildman–Crippen LogP) is 4.68. The lowest BCUT2D eigenvalue weighted by Gasteiger charge is -2.21. The molecule has 0 spiro atoms. The van der Waals surface area contributed by atoms with Gasteiger partial charge in [0.1, 0.15) is 0 Å². The first kappa shape index (κ1) is 15.8. The van der Waals surface area contributed by atoms with E-state index in [1.165, 1.54) is 5.56 Å². The van der Waals surface area contributed by atoms with Crippen LogP contribution in [0.25, 0.3) is 0 Å². The summed E-state index contributed by atoms with van der Waals surface area (Å²) in [7, 11) is 0. The number of hydrogen-bond acceptors (Lipinski definition) is 1. The van der Waals surface area contributed by atoms with Gasteiger partial charge in [0.2, 0.25) is 0 Å². The van der Waals surface area contributed by atoms with Crippen molar-refractivity contribution in [2.75, 3.05) is 0 Å². The summed E-state index contributed by atoms with van der Waals surface area (Å²) in [5.74, 6) is -0.0555. The zero-order valence-corrected chi connectivity index (χ0v) is 14.2. The van der Waals surface area contributed by atoms with Gasteiger partial charge in [-0.15, -0.1) is 0 Å². The van der Waals surface area contributed by atoms with E-state index in [1.807, 2.05) is 48.5 Å². The highest BCUT2D eigenvalue weighted by Gasteiger charge is 2.18.